The Balaban J connectivity index is 2.05. The van der Waals surface area contributed by atoms with Gasteiger partial charge in [0.2, 0.25) is 0 Å². The molecule has 2 rings (SSSR count). The molecule has 0 N–H and O–H groups in total. The predicted octanol–water partition coefficient (Wildman–Crippen LogP) is 4.42. The molecule has 0 amide bonds. The highest BCUT2D eigenvalue weighted by Gasteiger charge is 2.39. The van der Waals surface area contributed by atoms with Crippen LogP contribution >= 0.6 is 8.23 Å². The van der Waals surface area contributed by atoms with Crippen LogP contribution in [0.2, 0.25) is 0 Å². The van der Waals surface area contributed by atoms with Crippen LogP contribution in [0.5, 0.6) is 0 Å². The summed E-state index contributed by atoms with van der Waals surface area (Å²) in [5, 5.41) is 2.42. The molecule has 2 atom stereocenters. The van der Waals surface area contributed by atoms with E-state index >= 15 is 0 Å². The van der Waals surface area contributed by atoms with Gasteiger partial charge >= 0.3 is 0 Å². The summed E-state index contributed by atoms with van der Waals surface area (Å²) >= 11 is 0. The third kappa shape index (κ3) is 1.57. The molecule has 2 aliphatic rings. The summed E-state index contributed by atoms with van der Waals surface area (Å²) in [6.07, 6.45) is 4.71. The van der Waals surface area contributed by atoms with Crippen molar-refractivity contribution in [2.75, 3.05) is 0 Å². The standard InChI is InChI=1S/C10H16FP/c1-7-3-4-8(2)6-10-9(5-7)12(10)11/h7-8H,3-6H2,1-2H3. The second kappa shape index (κ2) is 3.10. The number of halogens is 1. The molecule has 0 fully saturated rings. The summed E-state index contributed by atoms with van der Waals surface area (Å²) in [5.41, 5.74) is 0. The third-order valence-corrected chi connectivity index (χ3v) is 4.62. The zero-order chi connectivity index (χ0) is 8.72. The zero-order valence-corrected chi connectivity index (χ0v) is 8.70. The van der Waals surface area contributed by atoms with E-state index in [0.29, 0.717) is 0 Å². The predicted molar refractivity (Wildman–Crippen MR) is 51.9 cm³/mol. The Morgan fingerprint density at radius 2 is 1.50 bits per heavy atom. The molecular weight excluding hydrogens is 170 g/mol. The quantitative estimate of drug-likeness (QED) is 0.491. The van der Waals surface area contributed by atoms with E-state index in [4.69, 9.17) is 0 Å². The van der Waals surface area contributed by atoms with Gasteiger partial charge in [0.1, 0.15) is 8.23 Å². The molecule has 0 saturated heterocycles. The molecule has 2 unspecified atom stereocenters. The lowest BCUT2D eigenvalue weighted by Gasteiger charge is -2.14. The van der Waals surface area contributed by atoms with Crippen LogP contribution in [-0.2, 0) is 0 Å². The van der Waals surface area contributed by atoms with Crippen molar-refractivity contribution in [1.82, 2.24) is 0 Å². The molecule has 68 valence electrons. The molecule has 1 aliphatic carbocycles. The van der Waals surface area contributed by atoms with Gasteiger partial charge in [-0.15, -0.1) is 0 Å². The molecular formula is C10H16FP. The molecule has 0 aromatic heterocycles. The summed E-state index contributed by atoms with van der Waals surface area (Å²) in [6.45, 7) is 4.51. The highest BCUT2D eigenvalue weighted by atomic mass is 31.2. The van der Waals surface area contributed by atoms with Gasteiger partial charge < -0.3 is 0 Å². The van der Waals surface area contributed by atoms with E-state index in [0.717, 1.165) is 24.7 Å². The maximum Gasteiger partial charge on any atom is 0.137 e. The molecule has 12 heavy (non-hydrogen) atoms. The highest BCUT2D eigenvalue weighted by Crippen LogP contribution is 2.74. The van der Waals surface area contributed by atoms with Gasteiger partial charge in [-0.2, -0.15) is 0 Å². The van der Waals surface area contributed by atoms with Crippen LogP contribution < -0.4 is 0 Å². The van der Waals surface area contributed by atoms with Crippen LogP contribution in [0.1, 0.15) is 39.5 Å². The molecule has 1 aliphatic heterocycles. The molecule has 0 nitrogen and oxygen atoms in total. The Labute approximate surface area is 75.1 Å². The van der Waals surface area contributed by atoms with Crippen molar-refractivity contribution in [3.05, 3.63) is 10.6 Å². The Morgan fingerprint density at radius 3 is 1.92 bits per heavy atom. The summed E-state index contributed by atoms with van der Waals surface area (Å²) in [7, 11) is -1.19. The van der Waals surface area contributed by atoms with Crippen molar-refractivity contribution in [2.45, 2.75) is 39.5 Å². The first kappa shape index (κ1) is 8.69. The largest absolute Gasteiger partial charge is 0.217 e. The first-order valence-electron chi connectivity index (χ1n) is 4.86. The van der Waals surface area contributed by atoms with Gasteiger partial charge in [0, 0.05) is 0 Å². The Morgan fingerprint density at radius 1 is 1.08 bits per heavy atom. The summed E-state index contributed by atoms with van der Waals surface area (Å²) in [4.78, 5) is 0. The minimum atomic E-state index is -1.19. The number of allylic oxidation sites excluding steroid dienone is 2. The second-order valence-corrected chi connectivity index (χ2v) is 6.01. The topological polar surface area (TPSA) is 0 Å². The highest BCUT2D eigenvalue weighted by molar-refractivity contribution is 7.69. The smallest absolute Gasteiger partial charge is 0.137 e. The number of rotatable bonds is 0. The minimum absolute atomic E-state index is 0.723. The maximum atomic E-state index is 13.2. The molecule has 0 saturated carbocycles. The van der Waals surface area contributed by atoms with Crippen molar-refractivity contribution in [1.29, 1.82) is 0 Å². The average molecular weight is 186 g/mol. The fourth-order valence-electron chi connectivity index (χ4n) is 2.04. The Kier molecular flexibility index (Phi) is 2.25. The van der Waals surface area contributed by atoms with Gasteiger partial charge in [-0.3, -0.25) is 0 Å². The van der Waals surface area contributed by atoms with Gasteiger partial charge in [0.25, 0.3) is 0 Å². The molecule has 0 spiro atoms. The number of hydrogen-bond acceptors (Lipinski definition) is 0. The van der Waals surface area contributed by atoms with Crippen molar-refractivity contribution < 1.29 is 4.20 Å². The normalized spacial score (nSPS) is 41.8. The van der Waals surface area contributed by atoms with Crippen molar-refractivity contribution in [3.8, 4) is 0 Å². The Bertz CT molecular complexity index is 200. The zero-order valence-electron chi connectivity index (χ0n) is 7.81. The summed E-state index contributed by atoms with van der Waals surface area (Å²) in [5.74, 6) is 1.45. The summed E-state index contributed by atoms with van der Waals surface area (Å²) < 4.78 is 13.2. The lowest BCUT2D eigenvalue weighted by atomic mass is 9.91. The van der Waals surface area contributed by atoms with Gasteiger partial charge in [-0.25, -0.2) is 4.20 Å². The fraction of sp³-hybridized carbons (Fsp3) is 0.800. The van der Waals surface area contributed by atoms with E-state index < -0.39 is 8.23 Å². The van der Waals surface area contributed by atoms with Gasteiger partial charge in [0.05, 0.1) is 0 Å². The van der Waals surface area contributed by atoms with E-state index in [2.05, 4.69) is 13.8 Å². The SMILES string of the molecule is CC1CCC(C)CC2=C(C1)P2F. The van der Waals surface area contributed by atoms with E-state index in [1.165, 1.54) is 23.5 Å². The van der Waals surface area contributed by atoms with Crippen LogP contribution in [-0.4, -0.2) is 0 Å². The molecule has 1 heterocycles. The molecule has 0 radical (unpaired) electrons. The van der Waals surface area contributed by atoms with E-state index in [-0.39, 0.29) is 0 Å². The van der Waals surface area contributed by atoms with Crippen LogP contribution in [0.4, 0.5) is 4.20 Å². The average Bonchev–Trinajstić information content (AvgIpc) is 2.56. The van der Waals surface area contributed by atoms with Crippen LogP contribution in [0.15, 0.2) is 10.6 Å². The van der Waals surface area contributed by atoms with Gasteiger partial charge in [-0.1, -0.05) is 26.7 Å². The van der Waals surface area contributed by atoms with E-state index in [1.807, 2.05) is 0 Å². The van der Waals surface area contributed by atoms with Crippen LogP contribution in [0, 0.1) is 11.8 Å². The van der Waals surface area contributed by atoms with Gasteiger partial charge in [-0.05, 0) is 35.3 Å². The van der Waals surface area contributed by atoms with E-state index in [1.54, 1.807) is 0 Å². The molecule has 2 heteroatoms. The lowest BCUT2D eigenvalue weighted by Crippen LogP contribution is -2.01. The molecule has 0 bridgehead atoms. The fourth-order valence-corrected chi connectivity index (χ4v) is 3.71. The first-order chi connectivity index (χ1) is 5.68. The number of hydrogen-bond donors (Lipinski definition) is 0. The van der Waals surface area contributed by atoms with Crippen molar-refractivity contribution in [3.63, 3.8) is 0 Å². The van der Waals surface area contributed by atoms with Crippen molar-refractivity contribution >= 4 is 8.23 Å². The first-order valence-corrected chi connectivity index (χ1v) is 6.09. The maximum absolute atomic E-state index is 13.2. The molecule has 0 aromatic carbocycles. The van der Waals surface area contributed by atoms with Crippen LogP contribution in [0.3, 0.4) is 0 Å². The Hall–Kier alpha value is 0.100. The minimum Gasteiger partial charge on any atom is -0.217 e. The molecule has 0 aromatic rings. The van der Waals surface area contributed by atoms with Crippen molar-refractivity contribution in [2.24, 2.45) is 11.8 Å². The third-order valence-electron chi connectivity index (χ3n) is 2.99. The van der Waals surface area contributed by atoms with Crippen LogP contribution in [0.25, 0.3) is 0 Å². The lowest BCUT2D eigenvalue weighted by molar-refractivity contribution is 0.424. The monoisotopic (exact) mass is 186 g/mol. The summed E-state index contributed by atoms with van der Waals surface area (Å²) in [6, 6.07) is 0. The van der Waals surface area contributed by atoms with E-state index in [9.17, 15) is 4.20 Å². The van der Waals surface area contributed by atoms with Gasteiger partial charge in [0.15, 0.2) is 0 Å². The second-order valence-electron chi connectivity index (χ2n) is 4.37.